The Labute approximate surface area is 148 Å². The number of phenols is 1. The molecule has 26 heavy (non-hydrogen) atoms. The van der Waals surface area contributed by atoms with Gasteiger partial charge in [0.15, 0.2) is 5.75 Å². The lowest BCUT2D eigenvalue weighted by molar-refractivity contribution is -0.385. The van der Waals surface area contributed by atoms with Crippen LogP contribution in [0.15, 0.2) is 65.8 Å². The summed E-state index contributed by atoms with van der Waals surface area (Å²) in [4.78, 5) is 22.1. The predicted octanol–water partition coefficient (Wildman–Crippen LogP) is 3.15. The number of carbonyl (C=O) groups is 1. The largest absolute Gasteiger partial charge is 0.502 e. The number of phenolic OH excluding ortho intramolecular Hbond substituents is 1. The number of hydrazone groups is 1. The summed E-state index contributed by atoms with van der Waals surface area (Å²) in [6.07, 6.45) is 1.48. The zero-order valence-electron chi connectivity index (χ0n) is 13.6. The Balaban J connectivity index is 1.66. The van der Waals surface area contributed by atoms with Gasteiger partial charge in [0.05, 0.1) is 17.6 Å². The SMILES string of the molecule is O=C(Cc1cccc2ccccc12)N/N=C/c1ccc([N+](=O)[O-])c(O)c1. The molecule has 0 unspecified atom stereocenters. The zero-order chi connectivity index (χ0) is 18.5. The first-order valence-corrected chi connectivity index (χ1v) is 7.80. The standard InChI is InChI=1S/C19H15N3O4/c23-18-10-13(8-9-17(18)22(25)26)12-20-21-19(24)11-15-6-3-5-14-4-1-2-7-16(14)15/h1-10,12,23H,11H2,(H,21,24)/b20-12+. The first-order chi connectivity index (χ1) is 12.5. The van der Waals surface area contributed by atoms with Gasteiger partial charge in [-0.2, -0.15) is 5.10 Å². The molecule has 2 N–H and O–H groups in total. The normalized spacial score (nSPS) is 10.9. The third-order valence-corrected chi connectivity index (χ3v) is 3.83. The summed E-state index contributed by atoms with van der Waals surface area (Å²) in [6, 6.07) is 17.4. The van der Waals surface area contributed by atoms with E-state index in [4.69, 9.17) is 0 Å². The number of aromatic hydroxyl groups is 1. The van der Waals surface area contributed by atoms with Gasteiger partial charge in [0.2, 0.25) is 5.91 Å². The van der Waals surface area contributed by atoms with Crippen LogP contribution in [0.3, 0.4) is 0 Å². The van der Waals surface area contributed by atoms with Crippen molar-refractivity contribution in [3.63, 3.8) is 0 Å². The molecule has 7 nitrogen and oxygen atoms in total. The fourth-order valence-corrected chi connectivity index (χ4v) is 2.61. The average Bonchev–Trinajstić information content (AvgIpc) is 2.62. The van der Waals surface area contributed by atoms with Crippen molar-refractivity contribution in [3.8, 4) is 5.75 Å². The van der Waals surface area contributed by atoms with E-state index in [1.807, 2.05) is 42.5 Å². The second kappa shape index (κ2) is 7.43. The molecule has 0 aliphatic heterocycles. The molecular weight excluding hydrogens is 334 g/mol. The van der Waals surface area contributed by atoms with Gasteiger partial charge >= 0.3 is 5.69 Å². The number of nitrogens with zero attached hydrogens (tertiary/aromatic N) is 2. The van der Waals surface area contributed by atoms with E-state index in [0.29, 0.717) is 5.56 Å². The van der Waals surface area contributed by atoms with E-state index in [0.717, 1.165) is 16.3 Å². The molecule has 0 saturated heterocycles. The molecule has 0 heterocycles. The minimum absolute atomic E-state index is 0.171. The van der Waals surface area contributed by atoms with E-state index in [2.05, 4.69) is 10.5 Å². The summed E-state index contributed by atoms with van der Waals surface area (Å²) >= 11 is 0. The minimum atomic E-state index is -0.678. The number of nitrogens with one attached hydrogen (secondary N) is 1. The summed E-state index contributed by atoms with van der Waals surface area (Å²) in [5.74, 6) is -0.746. The molecule has 0 fully saturated rings. The molecule has 3 aromatic rings. The topological polar surface area (TPSA) is 105 Å². The molecule has 3 aromatic carbocycles. The fraction of sp³-hybridized carbons (Fsp3) is 0.0526. The Morgan fingerprint density at radius 2 is 1.92 bits per heavy atom. The van der Waals surface area contributed by atoms with Crippen molar-refractivity contribution in [3.05, 3.63) is 81.9 Å². The maximum Gasteiger partial charge on any atom is 0.310 e. The first kappa shape index (κ1) is 17.1. The van der Waals surface area contributed by atoms with Crippen LogP contribution in [-0.2, 0) is 11.2 Å². The number of rotatable bonds is 5. The summed E-state index contributed by atoms with van der Waals surface area (Å²) in [5, 5.41) is 26.1. The highest BCUT2D eigenvalue weighted by molar-refractivity contribution is 5.90. The third kappa shape index (κ3) is 3.84. The van der Waals surface area contributed by atoms with Crippen molar-refractivity contribution in [2.75, 3.05) is 0 Å². The second-order valence-corrected chi connectivity index (χ2v) is 5.61. The Bertz CT molecular complexity index is 1010. The van der Waals surface area contributed by atoms with Crippen molar-refractivity contribution >= 4 is 28.6 Å². The average molecular weight is 349 g/mol. The van der Waals surface area contributed by atoms with Gasteiger partial charge in [-0.1, -0.05) is 42.5 Å². The van der Waals surface area contributed by atoms with Crippen molar-refractivity contribution in [1.29, 1.82) is 0 Å². The molecule has 0 aliphatic rings. The second-order valence-electron chi connectivity index (χ2n) is 5.61. The van der Waals surface area contributed by atoms with E-state index < -0.39 is 10.7 Å². The van der Waals surface area contributed by atoms with Crippen LogP contribution in [-0.4, -0.2) is 22.2 Å². The van der Waals surface area contributed by atoms with E-state index in [1.165, 1.54) is 24.4 Å². The molecule has 0 bridgehead atoms. The smallest absolute Gasteiger partial charge is 0.310 e. The summed E-state index contributed by atoms with van der Waals surface area (Å²) in [7, 11) is 0. The van der Waals surface area contributed by atoms with E-state index >= 15 is 0 Å². The van der Waals surface area contributed by atoms with Crippen LogP contribution in [0, 0.1) is 10.1 Å². The number of hydrogen-bond donors (Lipinski definition) is 2. The van der Waals surface area contributed by atoms with Gasteiger partial charge < -0.3 is 5.11 Å². The number of nitro groups is 1. The van der Waals surface area contributed by atoms with Gasteiger partial charge in [-0.3, -0.25) is 14.9 Å². The predicted molar refractivity (Wildman–Crippen MR) is 98.1 cm³/mol. The molecule has 1 amide bonds. The van der Waals surface area contributed by atoms with E-state index in [-0.39, 0.29) is 18.0 Å². The first-order valence-electron chi connectivity index (χ1n) is 7.80. The van der Waals surface area contributed by atoms with Crippen LogP contribution < -0.4 is 5.43 Å². The molecule has 0 radical (unpaired) electrons. The van der Waals surface area contributed by atoms with Gasteiger partial charge in [0.1, 0.15) is 0 Å². The molecule has 0 spiro atoms. The number of amides is 1. The van der Waals surface area contributed by atoms with Crippen molar-refractivity contribution in [2.45, 2.75) is 6.42 Å². The monoisotopic (exact) mass is 349 g/mol. The van der Waals surface area contributed by atoms with E-state index in [9.17, 15) is 20.0 Å². The number of hydrogen-bond acceptors (Lipinski definition) is 5. The molecule has 0 atom stereocenters. The highest BCUT2D eigenvalue weighted by Gasteiger charge is 2.12. The maximum atomic E-state index is 12.1. The van der Waals surface area contributed by atoms with Gasteiger partial charge in [-0.05, 0) is 34.0 Å². The Morgan fingerprint density at radius 3 is 2.69 bits per heavy atom. The third-order valence-electron chi connectivity index (χ3n) is 3.83. The Morgan fingerprint density at radius 1 is 1.15 bits per heavy atom. The molecule has 0 aromatic heterocycles. The van der Waals surface area contributed by atoms with Crippen LogP contribution in [0.25, 0.3) is 10.8 Å². The quantitative estimate of drug-likeness (QED) is 0.419. The fourth-order valence-electron chi connectivity index (χ4n) is 2.61. The zero-order valence-corrected chi connectivity index (χ0v) is 13.6. The van der Waals surface area contributed by atoms with Crippen molar-refractivity contribution < 1.29 is 14.8 Å². The lowest BCUT2D eigenvalue weighted by atomic mass is 10.0. The number of benzene rings is 3. The molecular formula is C19H15N3O4. The summed E-state index contributed by atoms with van der Waals surface area (Å²) < 4.78 is 0. The highest BCUT2D eigenvalue weighted by Crippen LogP contribution is 2.25. The summed E-state index contributed by atoms with van der Waals surface area (Å²) in [6.45, 7) is 0. The van der Waals surface area contributed by atoms with Crippen LogP contribution in [0.5, 0.6) is 5.75 Å². The van der Waals surface area contributed by atoms with Gasteiger partial charge in [-0.15, -0.1) is 0 Å². The summed E-state index contributed by atoms with van der Waals surface area (Å²) in [5.41, 5.74) is 3.35. The van der Waals surface area contributed by atoms with Crippen LogP contribution in [0.2, 0.25) is 0 Å². The Kier molecular flexibility index (Phi) is 4.89. The Hall–Kier alpha value is -3.74. The molecule has 130 valence electrons. The van der Waals surface area contributed by atoms with Gasteiger partial charge in [-0.25, -0.2) is 5.43 Å². The van der Waals surface area contributed by atoms with E-state index in [1.54, 1.807) is 0 Å². The lowest BCUT2D eigenvalue weighted by Crippen LogP contribution is -2.19. The maximum absolute atomic E-state index is 12.1. The van der Waals surface area contributed by atoms with Gasteiger partial charge in [0.25, 0.3) is 0 Å². The van der Waals surface area contributed by atoms with Gasteiger partial charge in [0, 0.05) is 6.07 Å². The minimum Gasteiger partial charge on any atom is -0.502 e. The van der Waals surface area contributed by atoms with Crippen molar-refractivity contribution in [1.82, 2.24) is 5.43 Å². The van der Waals surface area contributed by atoms with Crippen LogP contribution in [0.4, 0.5) is 5.69 Å². The van der Waals surface area contributed by atoms with Crippen LogP contribution in [0.1, 0.15) is 11.1 Å². The lowest BCUT2D eigenvalue weighted by Gasteiger charge is -2.05. The highest BCUT2D eigenvalue weighted by atomic mass is 16.6. The molecule has 7 heteroatoms. The van der Waals surface area contributed by atoms with Crippen LogP contribution >= 0.6 is 0 Å². The number of fused-ring (bicyclic) bond motifs is 1. The molecule has 0 saturated carbocycles. The number of carbonyl (C=O) groups excluding carboxylic acids is 1. The molecule has 3 rings (SSSR count). The number of nitro benzene ring substituents is 1. The molecule has 0 aliphatic carbocycles. The van der Waals surface area contributed by atoms with Crippen molar-refractivity contribution in [2.24, 2.45) is 5.10 Å².